The molecule has 0 heterocycles. The van der Waals surface area contributed by atoms with Crippen LogP contribution in [0.4, 0.5) is 0 Å². The lowest BCUT2D eigenvalue weighted by Crippen LogP contribution is -2.44. The summed E-state index contributed by atoms with van der Waals surface area (Å²) >= 11 is 0. The highest BCUT2D eigenvalue weighted by molar-refractivity contribution is 5.81. The summed E-state index contributed by atoms with van der Waals surface area (Å²) in [5, 5.41) is 2.76. The third-order valence-corrected chi connectivity index (χ3v) is 2.55. The first kappa shape index (κ1) is 17.4. The molecule has 0 aliphatic carbocycles. The molecule has 1 N–H and O–H groups in total. The summed E-state index contributed by atoms with van der Waals surface area (Å²) in [6.07, 6.45) is 0.805. The largest absolute Gasteiger partial charge is 0.468 e. The fourth-order valence-corrected chi connectivity index (χ4v) is 1.29. The molecule has 0 rings (SSSR count). The number of esters is 2. The standard InChI is InChI=1S/C12H22N2O5/c1-5-9(2)13-10(15)6-14(7-11(16)18-3)8-12(17)19-4/h9H,5-8H2,1-4H3,(H,13,15). The van der Waals surface area contributed by atoms with Gasteiger partial charge in [0, 0.05) is 6.04 Å². The Morgan fingerprint density at radius 3 is 1.89 bits per heavy atom. The van der Waals surface area contributed by atoms with Crippen molar-refractivity contribution in [2.45, 2.75) is 26.3 Å². The Labute approximate surface area is 113 Å². The molecule has 19 heavy (non-hydrogen) atoms. The fourth-order valence-electron chi connectivity index (χ4n) is 1.29. The molecule has 0 saturated heterocycles. The lowest BCUT2D eigenvalue weighted by atomic mass is 10.2. The number of carbonyl (C=O) groups excluding carboxylic acids is 3. The second-order valence-corrected chi connectivity index (χ2v) is 4.17. The molecule has 0 aromatic heterocycles. The molecular formula is C12H22N2O5. The van der Waals surface area contributed by atoms with Crippen LogP contribution in [0.5, 0.6) is 0 Å². The molecule has 0 aromatic rings. The van der Waals surface area contributed by atoms with Gasteiger partial charge >= 0.3 is 11.9 Å². The number of hydrogen-bond donors (Lipinski definition) is 1. The van der Waals surface area contributed by atoms with E-state index in [0.29, 0.717) is 0 Å². The maximum Gasteiger partial charge on any atom is 0.319 e. The molecule has 1 unspecified atom stereocenters. The van der Waals surface area contributed by atoms with Crippen molar-refractivity contribution in [3.63, 3.8) is 0 Å². The van der Waals surface area contributed by atoms with Gasteiger partial charge in [0.15, 0.2) is 0 Å². The van der Waals surface area contributed by atoms with Crippen LogP contribution in [-0.2, 0) is 23.9 Å². The van der Waals surface area contributed by atoms with Gasteiger partial charge in [0.05, 0.1) is 33.9 Å². The smallest absolute Gasteiger partial charge is 0.319 e. The Bertz CT molecular complexity index is 301. The topological polar surface area (TPSA) is 84.9 Å². The zero-order chi connectivity index (χ0) is 14.8. The Kier molecular flexibility index (Phi) is 8.52. The maximum absolute atomic E-state index is 11.7. The van der Waals surface area contributed by atoms with Crippen LogP contribution in [0.3, 0.4) is 0 Å². The van der Waals surface area contributed by atoms with Crippen LogP contribution >= 0.6 is 0 Å². The molecule has 1 amide bonds. The number of ether oxygens (including phenoxy) is 2. The molecule has 0 aliphatic heterocycles. The Hall–Kier alpha value is -1.63. The second kappa shape index (κ2) is 9.32. The monoisotopic (exact) mass is 274 g/mol. The number of hydrogen-bond acceptors (Lipinski definition) is 6. The van der Waals surface area contributed by atoms with E-state index in [1.54, 1.807) is 0 Å². The van der Waals surface area contributed by atoms with Gasteiger partial charge in [0.1, 0.15) is 0 Å². The van der Waals surface area contributed by atoms with E-state index in [4.69, 9.17) is 0 Å². The van der Waals surface area contributed by atoms with E-state index in [9.17, 15) is 14.4 Å². The van der Waals surface area contributed by atoms with Crippen LogP contribution in [0.2, 0.25) is 0 Å². The van der Waals surface area contributed by atoms with E-state index in [2.05, 4.69) is 14.8 Å². The van der Waals surface area contributed by atoms with Gasteiger partial charge in [-0.15, -0.1) is 0 Å². The van der Waals surface area contributed by atoms with Gasteiger partial charge < -0.3 is 14.8 Å². The van der Waals surface area contributed by atoms with E-state index in [1.807, 2.05) is 13.8 Å². The van der Waals surface area contributed by atoms with Gasteiger partial charge in [-0.05, 0) is 13.3 Å². The van der Waals surface area contributed by atoms with E-state index in [1.165, 1.54) is 19.1 Å². The summed E-state index contributed by atoms with van der Waals surface area (Å²) in [7, 11) is 2.50. The third kappa shape index (κ3) is 8.15. The minimum Gasteiger partial charge on any atom is -0.468 e. The van der Waals surface area contributed by atoms with E-state index in [-0.39, 0.29) is 31.6 Å². The highest BCUT2D eigenvalue weighted by Gasteiger charge is 2.18. The molecule has 110 valence electrons. The molecule has 7 nitrogen and oxygen atoms in total. The highest BCUT2D eigenvalue weighted by Crippen LogP contribution is 1.94. The fraction of sp³-hybridized carbons (Fsp3) is 0.750. The lowest BCUT2D eigenvalue weighted by molar-refractivity contribution is -0.146. The molecule has 0 bridgehead atoms. The van der Waals surface area contributed by atoms with Crippen LogP contribution in [0.25, 0.3) is 0 Å². The van der Waals surface area contributed by atoms with Crippen molar-refractivity contribution in [1.29, 1.82) is 0 Å². The summed E-state index contributed by atoms with van der Waals surface area (Å²) < 4.78 is 9.03. The molecule has 7 heteroatoms. The summed E-state index contributed by atoms with van der Waals surface area (Å²) in [6, 6.07) is 0.0469. The zero-order valence-electron chi connectivity index (χ0n) is 11.9. The van der Waals surface area contributed by atoms with Crippen LogP contribution in [0, 0.1) is 0 Å². The minimum absolute atomic E-state index is 0.0469. The van der Waals surface area contributed by atoms with Crippen molar-refractivity contribution in [2.24, 2.45) is 0 Å². The average molecular weight is 274 g/mol. The van der Waals surface area contributed by atoms with Gasteiger partial charge in [-0.25, -0.2) is 0 Å². The van der Waals surface area contributed by atoms with Crippen molar-refractivity contribution >= 4 is 17.8 Å². The maximum atomic E-state index is 11.7. The number of carbonyl (C=O) groups is 3. The first-order valence-corrected chi connectivity index (χ1v) is 6.08. The normalized spacial score (nSPS) is 11.8. The van der Waals surface area contributed by atoms with Gasteiger partial charge in [0.25, 0.3) is 0 Å². The Morgan fingerprint density at radius 2 is 1.53 bits per heavy atom. The molecule has 0 radical (unpaired) electrons. The number of methoxy groups -OCH3 is 2. The molecule has 0 saturated carbocycles. The van der Waals surface area contributed by atoms with Gasteiger partial charge in [-0.1, -0.05) is 6.92 Å². The average Bonchev–Trinajstić information content (AvgIpc) is 2.37. The summed E-state index contributed by atoms with van der Waals surface area (Å²) in [6.45, 7) is 3.49. The second-order valence-electron chi connectivity index (χ2n) is 4.17. The highest BCUT2D eigenvalue weighted by atomic mass is 16.5. The molecule has 0 aliphatic rings. The molecule has 0 aromatic carbocycles. The lowest BCUT2D eigenvalue weighted by Gasteiger charge is -2.20. The van der Waals surface area contributed by atoms with Crippen molar-refractivity contribution < 1.29 is 23.9 Å². The van der Waals surface area contributed by atoms with Crippen molar-refractivity contribution in [3.05, 3.63) is 0 Å². The van der Waals surface area contributed by atoms with Crippen LogP contribution in [0.1, 0.15) is 20.3 Å². The predicted molar refractivity (Wildman–Crippen MR) is 68.4 cm³/mol. The first-order valence-electron chi connectivity index (χ1n) is 6.08. The summed E-state index contributed by atoms with van der Waals surface area (Å²) in [4.78, 5) is 35.5. The molecule has 1 atom stereocenters. The Morgan fingerprint density at radius 1 is 1.05 bits per heavy atom. The predicted octanol–water partition coefficient (Wildman–Crippen LogP) is -0.451. The summed E-state index contributed by atoms with van der Waals surface area (Å²) in [5.74, 6) is -1.28. The van der Waals surface area contributed by atoms with E-state index < -0.39 is 11.9 Å². The molecule has 0 fully saturated rings. The van der Waals surface area contributed by atoms with E-state index in [0.717, 1.165) is 6.42 Å². The number of amides is 1. The van der Waals surface area contributed by atoms with Gasteiger partial charge in [-0.3, -0.25) is 19.3 Å². The van der Waals surface area contributed by atoms with Crippen LogP contribution < -0.4 is 5.32 Å². The first-order chi connectivity index (χ1) is 8.92. The summed E-state index contributed by atoms with van der Waals surface area (Å²) in [5.41, 5.74) is 0. The quantitative estimate of drug-likeness (QED) is 0.603. The third-order valence-electron chi connectivity index (χ3n) is 2.55. The molecule has 0 spiro atoms. The van der Waals surface area contributed by atoms with Crippen molar-refractivity contribution in [2.75, 3.05) is 33.9 Å². The van der Waals surface area contributed by atoms with Crippen molar-refractivity contribution in [3.8, 4) is 0 Å². The van der Waals surface area contributed by atoms with E-state index >= 15 is 0 Å². The number of nitrogens with one attached hydrogen (secondary N) is 1. The van der Waals surface area contributed by atoms with Crippen LogP contribution in [0.15, 0.2) is 0 Å². The number of rotatable bonds is 8. The number of nitrogens with zero attached hydrogens (tertiary/aromatic N) is 1. The van der Waals surface area contributed by atoms with Gasteiger partial charge in [0.2, 0.25) is 5.91 Å². The minimum atomic E-state index is -0.514. The zero-order valence-corrected chi connectivity index (χ0v) is 11.9. The van der Waals surface area contributed by atoms with Gasteiger partial charge in [-0.2, -0.15) is 0 Å². The van der Waals surface area contributed by atoms with Crippen LogP contribution in [-0.4, -0.2) is 62.6 Å². The van der Waals surface area contributed by atoms with Crippen molar-refractivity contribution in [1.82, 2.24) is 10.2 Å². The SMILES string of the molecule is CCC(C)NC(=O)CN(CC(=O)OC)CC(=O)OC. The molecular weight excluding hydrogens is 252 g/mol. The Balaban J connectivity index is 4.43.